The van der Waals surface area contributed by atoms with E-state index in [0.29, 0.717) is 27.9 Å². The van der Waals surface area contributed by atoms with Gasteiger partial charge in [0.05, 0.1) is 41.9 Å². The van der Waals surface area contributed by atoms with Crippen molar-refractivity contribution in [3.63, 3.8) is 0 Å². The summed E-state index contributed by atoms with van der Waals surface area (Å²) >= 11 is 0. The number of aliphatic hydroxyl groups is 1. The van der Waals surface area contributed by atoms with Crippen LogP contribution in [0, 0.1) is 5.82 Å². The number of aromatic amines is 1. The number of fused-ring (bicyclic) bond motifs is 1. The number of ether oxygens (including phenoxy) is 1. The first-order valence-corrected chi connectivity index (χ1v) is 10.1. The third kappa shape index (κ3) is 4.38. The lowest BCUT2D eigenvalue weighted by molar-refractivity contribution is 0.0913. The van der Waals surface area contributed by atoms with E-state index in [9.17, 15) is 14.3 Å². The summed E-state index contributed by atoms with van der Waals surface area (Å²) in [5.41, 5.74) is 3.23. The first-order chi connectivity index (χ1) is 15.6. The van der Waals surface area contributed by atoms with Gasteiger partial charge in [-0.15, -0.1) is 0 Å². The molecule has 0 aliphatic carbocycles. The minimum Gasteiger partial charge on any atom is -0.495 e. The Kier molecular flexibility index (Phi) is 6.28. The van der Waals surface area contributed by atoms with Crippen molar-refractivity contribution in [1.82, 2.24) is 15.5 Å². The van der Waals surface area contributed by atoms with Crippen LogP contribution in [-0.4, -0.2) is 34.9 Å². The number of rotatable bonds is 7. The Hall–Kier alpha value is -3.97. The zero-order chi connectivity index (χ0) is 22.5. The van der Waals surface area contributed by atoms with Crippen molar-refractivity contribution in [3.8, 4) is 5.75 Å². The van der Waals surface area contributed by atoms with E-state index in [-0.39, 0.29) is 18.3 Å². The van der Waals surface area contributed by atoms with E-state index in [1.54, 1.807) is 30.3 Å². The normalized spacial score (nSPS) is 12.2. The Labute approximate surface area is 184 Å². The fourth-order valence-corrected chi connectivity index (χ4v) is 3.52. The number of hydrogen-bond acceptors (Lipinski definition) is 4. The van der Waals surface area contributed by atoms with Gasteiger partial charge in [-0.05, 0) is 41.5 Å². The van der Waals surface area contributed by atoms with Crippen LogP contribution in [-0.2, 0) is 0 Å². The van der Waals surface area contributed by atoms with Crippen molar-refractivity contribution < 1.29 is 19.0 Å². The van der Waals surface area contributed by atoms with Crippen molar-refractivity contribution in [2.24, 2.45) is 0 Å². The van der Waals surface area contributed by atoms with Gasteiger partial charge in [0.15, 0.2) is 0 Å². The second-order valence-electron chi connectivity index (χ2n) is 7.18. The number of H-pyrrole nitrogens is 1. The first-order valence-electron chi connectivity index (χ1n) is 10.1. The molecule has 0 radical (unpaired) electrons. The minimum atomic E-state index is -0.550. The van der Waals surface area contributed by atoms with Crippen LogP contribution in [0.2, 0.25) is 0 Å². The maximum atomic E-state index is 13.1. The lowest BCUT2D eigenvalue weighted by Crippen LogP contribution is -2.31. The molecule has 1 atom stereocenters. The van der Waals surface area contributed by atoms with Gasteiger partial charge in [-0.1, -0.05) is 48.5 Å². The second-order valence-corrected chi connectivity index (χ2v) is 7.18. The SMILES string of the molecule is COc1c(C(=O)N[C@H](CO)c2ccccc2)ccc2n[nH]c(C=Cc3ccc(F)cc3)c12. The van der Waals surface area contributed by atoms with Gasteiger partial charge in [-0.25, -0.2) is 4.39 Å². The monoisotopic (exact) mass is 431 g/mol. The number of benzene rings is 3. The number of aliphatic hydroxyl groups excluding tert-OH is 1. The molecule has 3 N–H and O–H groups in total. The molecule has 3 aromatic carbocycles. The molecule has 0 aliphatic heterocycles. The number of aromatic nitrogens is 2. The molecule has 4 rings (SSSR count). The van der Waals surface area contributed by atoms with E-state index in [0.717, 1.165) is 11.1 Å². The Morgan fingerprint density at radius 3 is 2.56 bits per heavy atom. The molecule has 7 heteroatoms. The molecule has 0 bridgehead atoms. The van der Waals surface area contributed by atoms with Gasteiger partial charge in [0, 0.05) is 0 Å². The average molecular weight is 431 g/mol. The number of nitrogens with one attached hydrogen (secondary N) is 2. The summed E-state index contributed by atoms with van der Waals surface area (Å²) in [7, 11) is 1.49. The molecule has 162 valence electrons. The highest BCUT2D eigenvalue weighted by Gasteiger charge is 2.21. The predicted octanol–water partition coefficient (Wildman–Crippen LogP) is 4.34. The average Bonchev–Trinajstić information content (AvgIpc) is 3.25. The fraction of sp³-hybridized carbons (Fsp3) is 0.120. The third-order valence-corrected chi connectivity index (χ3v) is 5.15. The minimum absolute atomic E-state index is 0.238. The van der Waals surface area contributed by atoms with E-state index < -0.39 is 6.04 Å². The van der Waals surface area contributed by atoms with Crippen LogP contribution < -0.4 is 10.1 Å². The highest BCUT2D eigenvalue weighted by molar-refractivity contribution is 6.05. The second kappa shape index (κ2) is 9.45. The van der Waals surface area contributed by atoms with Crippen LogP contribution >= 0.6 is 0 Å². The topological polar surface area (TPSA) is 87.2 Å². The van der Waals surface area contributed by atoms with Crippen molar-refractivity contribution >= 4 is 29.0 Å². The summed E-state index contributed by atoms with van der Waals surface area (Å²) in [5.74, 6) is -0.304. The van der Waals surface area contributed by atoms with Gasteiger partial charge >= 0.3 is 0 Å². The lowest BCUT2D eigenvalue weighted by Gasteiger charge is -2.18. The smallest absolute Gasteiger partial charge is 0.255 e. The van der Waals surface area contributed by atoms with Crippen LogP contribution in [0.15, 0.2) is 66.7 Å². The molecule has 0 unspecified atom stereocenters. The standard InChI is InChI=1S/C25H22FN3O3/c1-32-24-19(25(31)27-22(15-30)17-5-3-2-4-6-17)12-14-21-23(24)20(28-29-21)13-9-16-7-10-18(26)11-8-16/h2-14,22,30H,15H2,1H3,(H,27,31)(H,28,29)/t22-/m1/s1. The number of hydrogen-bond donors (Lipinski definition) is 3. The van der Waals surface area contributed by atoms with E-state index in [1.807, 2.05) is 36.4 Å². The molecule has 0 aliphatic rings. The fourth-order valence-electron chi connectivity index (χ4n) is 3.52. The zero-order valence-electron chi connectivity index (χ0n) is 17.4. The summed E-state index contributed by atoms with van der Waals surface area (Å²) in [6.45, 7) is -0.238. The Balaban J connectivity index is 1.67. The number of nitrogens with zero attached hydrogens (tertiary/aromatic N) is 1. The number of amides is 1. The lowest BCUT2D eigenvalue weighted by atomic mass is 10.0. The molecule has 1 aromatic heterocycles. The van der Waals surface area contributed by atoms with Crippen LogP contribution in [0.25, 0.3) is 23.1 Å². The molecule has 0 fully saturated rings. The molecule has 0 saturated heterocycles. The predicted molar refractivity (Wildman–Crippen MR) is 122 cm³/mol. The molecule has 32 heavy (non-hydrogen) atoms. The number of carbonyl (C=O) groups is 1. The molecule has 4 aromatic rings. The van der Waals surface area contributed by atoms with Crippen LogP contribution in [0.5, 0.6) is 5.75 Å². The first kappa shape index (κ1) is 21.3. The van der Waals surface area contributed by atoms with E-state index in [4.69, 9.17) is 4.74 Å². The van der Waals surface area contributed by atoms with Crippen LogP contribution in [0.4, 0.5) is 4.39 Å². The molecule has 1 amide bonds. The van der Waals surface area contributed by atoms with E-state index in [1.165, 1.54) is 19.2 Å². The number of methoxy groups -OCH3 is 1. The van der Waals surface area contributed by atoms with E-state index >= 15 is 0 Å². The van der Waals surface area contributed by atoms with Crippen molar-refractivity contribution in [3.05, 3.63) is 94.9 Å². The van der Waals surface area contributed by atoms with Gasteiger partial charge in [0.2, 0.25) is 0 Å². The van der Waals surface area contributed by atoms with Crippen molar-refractivity contribution in [1.29, 1.82) is 0 Å². The Morgan fingerprint density at radius 2 is 1.88 bits per heavy atom. The van der Waals surface area contributed by atoms with Gasteiger partial charge in [0.25, 0.3) is 5.91 Å². The molecule has 0 spiro atoms. The molecular weight excluding hydrogens is 409 g/mol. The summed E-state index contributed by atoms with van der Waals surface area (Å²) in [5, 5.41) is 20.5. The Morgan fingerprint density at radius 1 is 1.12 bits per heavy atom. The van der Waals surface area contributed by atoms with E-state index in [2.05, 4.69) is 15.5 Å². The van der Waals surface area contributed by atoms with Gasteiger partial charge in [-0.3, -0.25) is 9.89 Å². The van der Waals surface area contributed by atoms with Gasteiger partial charge < -0.3 is 15.2 Å². The summed E-state index contributed by atoms with van der Waals surface area (Å²) < 4.78 is 18.7. The third-order valence-electron chi connectivity index (χ3n) is 5.15. The maximum Gasteiger partial charge on any atom is 0.255 e. The van der Waals surface area contributed by atoms with Crippen molar-refractivity contribution in [2.75, 3.05) is 13.7 Å². The van der Waals surface area contributed by atoms with Crippen LogP contribution in [0.1, 0.15) is 33.2 Å². The Bertz CT molecular complexity index is 1250. The number of halogens is 1. The summed E-state index contributed by atoms with van der Waals surface area (Å²) in [6, 6.07) is 18.2. The molecule has 1 heterocycles. The summed E-state index contributed by atoms with van der Waals surface area (Å²) in [6.07, 6.45) is 3.61. The highest BCUT2D eigenvalue weighted by Crippen LogP contribution is 2.32. The molecule has 6 nitrogen and oxygen atoms in total. The maximum absolute atomic E-state index is 13.1. The van der Waals surface area contributed by atoms with Crippen molar-refractivity contribution in [2.45, 2.75) is 6.04 Å². The van der Waals surface area contributed by atoms with Crippen LogP contribution in [0.3, 0.4) is 0 Å². The van der Waals surface area contributed by atoms with Gasteiger partial charge in [-0.2, -0.15) is 5.10 Å². The van der Waals surface area contributed by atoms with Gasteiger partial charge in [0.1, 0.15) is 11.6 Å². The number of carbonyl (C=O) groups excluding carboxylic acids is 1. The largest absolute Gasteiger partial charge is 0.495 e. The molecular formula is C25H22FN3O3. The quantitative estimate of drug-likeness (QED) is 0.406. The molecule has 0 saturated carbocycles. The summed E-state index contributed by atoms with van der Waals surface area (Å²) in [4.78, 5) is 13.1. The highest BCUT2D eigenvalue weighted by atomic mass is 19.1. The zero-order valence-corrected chi connectivity index (χ0v) is 17.4.